The minimum atomic E-state index is -2.97. The van der Waals surface area contributed by atoms with Crippen molar-refractivity contribution in [1.82, 2.24) is 18.9 Å². The number of carbonyl (C=O) groups excluding carboxylic acids is 4. The molecule has 0 bridgehead atoms. The fourth-order valence-corrected chi connectivity index (χ4v) is 20.1. The summed E-state index contributed by atoms with van der Waals surface area (Å²) in [6.45, 7) is 11.1. The van der Waals surface area contributed by atoms with Crippen molar-refractivity contribution >= 4 is 338 Å². The van der Waals surface area contributed by atoms with Crippen LogP contribution in [0.4, 0.5) is 45.5 Å². The molecule has 128 heavy (non-hydrogen) atoms. The highest BCUT2D eigenvalue weighted by Crippen LogP contribution is 2.55. The monoisotopic (exact) mass is 2080 g/mol. The number of amidine groups is 4. The molecule has 0 spiro atoms. The number of benzene rings is 12. The Balaban J connectivity index is 0.000000132. The maximum atomic E-state index is 13.1. The highest BCUT2D eigenvalue weighted by molar-refractivity contribution is 7.89. The molecule has 4 N–H and O–H groups in total. The van der Waals surface area contributed by atoms with Crippen LogP contribution in [-0.4, -0.2) is 132 Å². The molecule has 0 aliphatic carbocycles. The van der Waals surface area contributed by atoms with Gasteiger partial charge in [0.15, 0.2) is 17.5 Å². The van der Waals surface area contributed by atoms with Crippen molar-refractivity contribution in [1.29, 1.82) is 0 Å². The van der Waals surface area contributed by atoms with Gasteiger partial charge in [0.25, 0.3) is 23.6 Å². The number of aliphatic imine (C=N–C) groups is 4. The minimum Gasteiger partial charge on any atom is -0.268 e. The van der Waals surface area contributed by atoms with Crippen LogP contribution in [0.3, 0.4) is 0 Å². The van der Waals surface area contributed by atoms with E-state index in [9.17, 15) is 52.8 Å². The lowest BCUT2D eigenvalue weighted by molar-refractivity contribution is 0.0999. The Morgan fingerprint density at radius 2 is 0.508 bits per heavy atom. The summed E-state index contributed by atoms with van der Waals surface area (Å²) in [4.78, 5) is 77.1. The molecule has 8 aliphatic rings. The van der Waals surface area contributed by atoms with Crippen LogP contribution in [0.15, 0.2) is 178 Å². The van der Waals surface area contributed by atoms with Gasteiger partial charge in [-0.15, -0.1) is 0 Å². The number of nitrogens with zero attached hydrogens (tertiary/aromatic N) is 8. The number of rotatable bonds is 9. The van der Waals surface area contributed by atoms with Crippen molar-refractivity contribution in [2.75, 3.05) is 70.8 Å². The molecular formula is C86H66Cl14N12O12S4. The van der Waals surface area contributed by atoms with Gasteiger partial charge in [-0.25, -0.2) is 72.5 Å². The Hall–Kier alpha value is -8.06. The molecule has 0 aromatic heterocycles. The van der Waals surface area contributed by atoms with Crippen LogP contribution in [0.25, 0.3) is 43.1 Å². The van der Waals surface area contributed by atoms with Gasteiger partial charge in [-0.2, -0.15) is 0 Å². The van der Waals surface area contributed by atoms with Gasteiger partial charge in [0.1, 0.15) is 5.84 Å². The summed E-state index contributed by atoms with van der Waals surface area (Å²) in [6, 6.07) is 49.8. The fourth-order valence-electron chi connectivity index (χ4n) is 14.5. The molecule has 0 radical (unpaired) electrons. The van der Waals surface area contributed by atoms with Crippen LogP contribution in [0.5, 0.6) is 0 Å². The predicted octanol–water partition coefficient (Wildman–Crippen LogP) is 23.6. The SMILES string of the molecule is CC(C)CNS(C)(=O)=O.CCNS(C)(=O)=O.CCNS(C)(=O)=O.CCNS(C)(=O)=O.O=C1c2c(Cl)c(Cl)c(Cl)c(Cl)c2C2=Nc3cccc4cccc(c34)N12.O=C1c2c(Cl)c(Cl)c(Cl)c(Cl)c2C2=Nc3cccc4cccc(c34)N12.O=C1c2c(Cl)c(Cl)c(Cl)c(Cl)c2C2=Nc3cccc4cccc(c34)N12.O=C1c2cc(Cl)c(Cl)cc2C2=Nc3cccc4cccc(c34)N12. The molecule has 0 atom stereocenters. The molecule has 0 saturated heterocycles. The second-order valence-electron chi connectivity index (χ2n) is 29.1. The number of nitrogens with one attached hydrogen (secondary N) is 4. The number of amides is 4. The standard InChI is InChI=1S/3C18H6Cl4N2O.C18H8Cl2N2O.C5H13NO2S.3C3H9NO2S/c3*19-13-11-12(14(20)16(22)15(13)21)18(25)24-9-6-2-4-7-3-1-5-8(10(7)9)23-17(11)24;19-12-7-10-11(8-13(12)20)18(23)22-15-6-2-4-9-3-1-5-14(16(9)15)21-17(10)22;1-5(2)4-6-9(3,7)8;3*1-3-4-7(2,5)6/h3*1-6H;1-8H;5-6H,4H2,1-3H3;3*4H,3H2,1-2H3. The Morgan fingerprint density at radius 3 is 0.727 bits per heavy atom. The quantitative estimate of drug-likeness (QED) is 0.0774. The number of halogens is 14. The van der Waals surface area contributed by atoms with E-state index >= 15 is 0 Å². The number of sulfonamides is 4. The maximum Gasteiger partial charge on any atom is 0.266 e. The molecule has 12 aromatic rings. The number of carbonyl (C=O) groups is 4. The van der Waals surface area contributed by atoms with Gasteiger partial charge < -0.3 is 0 Å². The topological polar surface area (TPSA) is 315 Å². The summed E-state index contributed by atoms with van der Waals surface area (Å²) in [5.41, 5.74) is 9.36. The molecule has 42 heteroatoms. The van der Waals surface area contributed by atoms with Crippen LogP contribution in [0.2, 0.25) is 70.3 Å². The van der Waals surface area contributed by atoms with Crippen LogP contribution in [0, 0.1) is 5.92 Å². The van der Waals surface area contributed by atoms with E-state index in [0.29, 0.717) is 87.7 Å². The summed E-state index contributed by atoms with van der Waals surface area (Å²) in [5, 5.41) is 9.84. The van der Waals surface area contributed by atoms with Crippen LogP contribution >= 0.6 is 162 Å². The normalized spacial score (nSPS) is 14.0. The van der Waals surface area contributed by atoms with Crippen LogP contribution in [0.1, 0.15) is 98.3 Å². The molecule has 8 aliphatic heterocycles. The van der Waals surface area contributed by atoms with Gasteiger partial charge in [0.2, 0.25) is 40.1 Å². The molecule has 0 unspecified atom stereocenters. The van der Waals surface area contributed by atoms with Gasteiger partial charge in [-0.05, 0) is 88.1 Å². The average Bonchev–Trinajstić information content (AvgIpc) is 1.56. The first-order valence-electron chi connectivity index (χ1n) is 37.9. The van der Waals surface area contributed by atoms with Crippen molar-refractivity contribution < 1.29 is 52.8 Å². The highest BCUT2D eigenvalue weighted by Gasteiger charge is 2.47. The largest absolute Gasteiger partial charge is 0.268 e. The zero-order chi connectivity index (χ0) is 93.3. The maximum absolute atomic E-state index is 13.1. The molecule has 664 valence electrons. The third-order valence-electron chi connectivity index (χ3n) is 19.6. The van der Waals surface area contributed by atoms with Crippen molar-refractivity contribution in [2.24, 2.45) is 25.9 Å². The van der Waals surface area contributed by atoms with Gasteiger partial charge in [-0.1, -0.05) is 294 Å². The zero-order valence-electron chi connectivity index (χ0n) is 67.8. The first-order chi connectivity index (χ1) is 60.3. The minimum absolute atomic E-state index is 0.0663. The van der Waals surface area contributed by atoms with E-state index in [1.165, 1.54) is 14.7 Å². The van der Waals surface area contributed by atoms with Gasteiger partial charge >= 0.3 is 0 Å². The smallest absolute Gasteiger partial charge is 0.266 e. The van der Waals surface area contributed by atoms with E-state index < -0.39 is 40.1 Å². The first-order valence-corrected chi connectivity index (χ1v) is 50.8. The highest BCUT2D eigenvalue weighted by atomic mass is 35.5. The second-order valence-corrected chi connectivity index (χ2v) is 41.7. The molecule has 8 heterocycles. The predicted molar refractivity (Wildman–Crippen MR) is 527 cm³/mol. The Bertz CT molecular complexity index is 6900. The Morgan fingerprint density at radius 1 is 0.289 bits per heavy atom. The fraction of sp³-hybridized carbons (Fsp3) is 0.163. The second kappa shape index (κ2) is 38.6. The van der Waals surface area contributed by atoms with Gasteiger partial charge in [0.05, 0.1) is 180 Å². The number of fused-ring (bicyclic) bond motifs is 16. The van der Waals surface area contributed by atoms with Crippen molar-refractivity contribution in [3.05, 3.63) is 273 Å². The van der Waals surface area contributed by atoms with Crippen molar-refractivity contribution in [3.63, 3.8) is 0 Å². The summed E-state index contributed by atoms with van der Waals surface area (Å²) in [6.07, 6.45) is 4.57. The van der Waals surface area contributed by atoms with E-state index in [1.807, 2.05) is 159 Å². The molecule has 12 aromatic carbocycles. The lowest BCUT2D eigenvalue weighted by Gasteiger charge is -2.24. The summed E-state index contributed by atoms with van der Waals surface area (Å²) in [5.74, 6) is 1.14. The average molecular weight is 2080 g/mol. The van der Waals surface area contributed by atoms with E-state index in [2.05, 4.69) is 33.9 Å². The molecule has 24 nitrogen and oxygen atoms in total. The Labute approximate surface area is 805 Å². The Kier molecular flexibility index (Phi) is 29.4. The lowest BCUT2D eigenvalue weighted by atomic mass is 10.0. The number of hydrogen-bond acceptors (Lipinski definition) is 16. The molecule has 0 saturated carbocycles. The zero-order valence-corrected chi connectivity index (χ0v) is 81.7. The molecular weight excluding hydrogens is 2020 g/mol. The summed E-state index contributed by atoms with van der Waals surface area (Å²) >= 11 is 87.3. The van der Waals surface area contributed by atoms with Gasteiger partial charge in [-0.3, -0.25) is 38.8 Å². The van der Waals surface area contributed by atoms with E-state index in [0.717, 1.165) is 119 Å². The van der Waals surface area contributed by atoms with E-state index in [-0.39, 0.29) is 101 Å². The van der Waals surface area contributed by atoms with E-state index in [4.69, 9.17) is 167 Å². The third kappa shape index (κ3) is 19.2. The van der Waals surface area contributed by atoms with Crippen LogP contribution < -0.4 is 38.5 Å². The van der Waals surface area contributed by atoms with Crippen LogP contribution in [-0.2, 0) is 40.1 Å². The van der Waals surface area contributed by atoms with E-state index in [1.54, 1.807) is 37.8 Å². The molecule has 20 rings (SSSR count). The lowest BCUT2D eigenvalue weighted by Crippen LogP contribution is -2.31. The van der Waals surface area contributed by atoms with Crippen molar-refractivity contribution in [2.45, 2.75) is 34.6 Å². The number of anilines is 4. The summed E-state index contributed by atoms with van der Waals surface area (Å²) < 4.78 is 90.7. The number of hydrogen-bond donors (Lipinski definition) is 4. The summed E-state index contributed by atoms with van der Waals surface area (Å²) in [7, 11) is -11.7. The molecule has 4 amide bonds. The van der Waals surface area contributed by atoms with Crippen molar-refractivity contribution in [3.8, 4) is 0 Å². The third-order valence-corrected chi connectivity index (χ3v) is 28.8. The van der Waals surface area contributed by atoms with Gasteiger partial charge in [0, 0.05) is 53.3 Å². The molecule has 0 fully saturated rings. The first kappa shape index (κ1) is 97.5.